The number of hydrogen-bond acceptors (Lipinski definition) is 2. The summed E-state index contributed by atoms with van der Waals surface area (Å²) in [5.41, 5.74) is 4.15. The molecule has 1 aromatic rings. The summed E-state index contributed by atoms with van der Waals surface area (Å²) in [5.74, 6) is 0. The molecular weight excluding hydrogens is 252 g/mol. The zero-order valence-electron chi connectivity index (χ0n) is 13.3. The lowest BCUT2D eigenvalue weighted by Crippen LogP contribution is -2.44. The van der Waals surface area contributed by atoms with Crippen LogP contribution in [0.5, 0.6) is 0 Å². The first-order valence-electron chi connectivity index (χ1n) is 7.06. The molecule has 4 nitrogen and oxygen atoms in total. The number of carbonyl (C=O) groups is 1. The summed E-state index contributed by atoms with van der Waals surface area (Å²) in [5, 5.41) is 12.5. The number of nitrogens with zero attached hydrogens (tertiary/aromatic N) is 1. The summed E-state index contributed by atoms with van der Waals surface area (Å²) < 4.78 is 0. The number of carbonyl (C=O) groups excluding carboxylic acids is 1. The Bertz CT molecular complexity index is 458. The van der Waals surface area contributed by atoms with Crippen LogP contribution in [0.4, 0.5) is 10.5 Å². The minimum Gasteiger partial charge on any atom is -0.392 e. The number of nitrogens with one attached hydrogen (secondary N) is 1. The number of anilines is 1. The van der Waals surface area contributed by atoms with Gasteiger partial charge in [-0.3, -0.25) is 0 Å². The third-order valence-electron chi connectivity index (χ3n) is 3.25. The van der Waals surface area contributed by atoms with Crippen LogP contribution in [0.3, 0.4) is 0 Å². The van der Waals surface area contributed by atoms with Gasteiger partial charge in [0.05, 0.1) is 6.10 Å². The number of aliphatic hydroxyl groups excluding tert-OH is 1. The van der Waals surface area contributed by atoms with Crippen LogP contribution in [0.15, 0.2) is 12.1 Å². The van der Waals surface area contributed by atoms with E-state index in [4.69, 9.17) is 0 Å². The Hall–Kier alpha value is -1.55. The average Bonchev–Trinajstić information content (AvgIpc) is 2.29. The first kappa shape index (κ1) is 16.5. The fourth-order valence-electron chi connectivity index (χ4n) is 2.37. The van der Waals surface area contributed by atoms with Crippen molar-refractivity contribution in [2.24, 2.45) is 0 Å². The van der Waals surface area contributed by atoms with Gasteiger partial charge in [-0.2, -0.15) is 0 Å². The molecule has 0 aromatic heterocycles. The number of aliphatic hydroxyl groups is 1. The van der Waals surface area contributed by atoms with E-state index in [1.54, 1.807) is 11.8 Å². The molecule has 1 aromatic carbocycles. The van der Waals surface area contributed by atoms with Crippen LogP contribution in [0.1, 0.15) is 37.5 Å². The normalized spacial score (nSPS) is 12.4. The first-order valence-corrected chi connectivity index (χ1v) is 7.06. The molecule has 0 saturated heterocycles. The number of benzene rings is 1. The van der Waals surface area contributed by atoms with E-state index in [0.717, 1.165) is 16.8 Å². The number of aryl methyl sites for hydroxylation is 3. The number of urea groups is 1. The molecule has 112 valence electrons. The molecule has 0 aliphatic carbocycles. The van der Waals surface area contributed by atoms with Crippen LogP contribution < -0.4 is 5.32 Å². The first-order chi connectivity index (χ1) is 9.22. The van der Waals surface area contributed by atoms with Crippen molar-refractivity contribution in [2.75, 3.05) is 11.9 Å². The lowest BCUT2D eigenvalue weighted by molar-refractivity contribution is 0.125. The summed E-state index contributed by atoms with van der Waals surface area (Å²) in [6, 6.07) is 3.97. The maximum Gasteiger partial charge on any atom is 0.322 e. The molecule has 1 unspecified atom stereocenters. The summed E-state index contributed by atoms with van der Waals surface area (Å²) in [6.07, 6.45) is -0.539. The number of rotatable bonds is 4. The second kappa shape index (κ2) is 6.75. The van der Waals surface area contributed by atoms with E-state index in [2.05, 4.69) is 17.4 Å². The van der Waals surface area contributed by atoms with Gasteiger partial charge < -0.3 is 15.3 Å². The van der Waals surface area contributed by atoms with E-state index in [9.17, 15) is 9.90 Å². The fraction of sp³-hybridized carbons (Fsp3) is 0.562. The zero-order valence-corrected chi connectivity index (χ0v) is 13.3. The van der Waals surface area contributed by atoms with Crippen LogP contribution in [-0.4, -0.2) is 34.7 Å². The molecule has 1 atom stereocenters. The molecular formula is C16H26N2O2. The van der Waals surface area contributed by atoms with Crippen molar-refractivity contribution in [3.05, 3.63) is 28.8 Å². The Morgan fingerprint density at radius 3 is 2.10 bits per heavy atom. The molecule has 0 heterocycles. The van der Waals surface area contributed by atoms with Crippen LogP contribution in [0.2, 0.25) is 0 Å². The summed E-state index contributed by atoms with van der Waals surface area (Å²) in [7, 11) is 0. The Morgan fingerprint density at radius 2 is 1.70 bits per heavy atom. The zero-order chi connectivity index (χ0) is 15.4. The van der Waals surface area contributed by atoms with Gasteiger partial charge in [0.15, 0.2) is 0 Å². The highest BCUT2D eigenvalue weighted by Gasteiger charge is 2.19. The maximum absolute atomic E-state index is 12.4. The van der Waals surface area contributed by atoms with E-state index in [-0.39, 0.29) is 12.1 Å². The molecule has 2 amide bonds. The van der Waals surface area contributed by atoms with E-state index >= 15 is 0 Å². The fourth-order valence-corrected chi connectivity index (χ4v) is 2.37. The SMILES string of the molecule is Cc1cc(C)c(NC(=O)N(CC(C)O)C(C)C)c(C)c1. The van der Waals surface area contributed by atoms with Crippen molar-refractivity contribution in [1.82, 2.24) is 4.90 Å². The Morgan fingerprint density at radius 1 is 1.20 bits per heavy atom. The number of hydrogen-bond donors (Lipinski definition) is 2. The second-order valence-corrected chi connectivity index (χ2v) is 5.80. The van der Waals surface area contributed by atoms with Gasteiger partial charge >= 0.3 is 6.03 Å². The predicted octanol–water partition coefficient (Wildman–Crippen LogP) is 3.23. The smallest absolute Gasteiger partial charge is 0.322 e. The molecule has 0 radical (unpaired) electrons. The van der Waals surface area contributed by atoms with Crippen LogP contribution in [-0.2, 0) is 0 Å². The standard InChI is InChI=1S/C16H26N2O2/c1-10(2)18(9-14(6)19)16(20)17-15-12(4)7-11(3)8-13(15)5/h7-8,10,14,19H,9H2,1-6H3,(H,17,20). The van der Waals surface area contributed by atoms with Gasteiger partial charge in [0, 0.05) is 18.3 Å². The van der Waals surface area contributed by atoms with E-state index < -0.39 is 6.10 Å². The van der Waals surface area contributed by atoms with Gasteiger partial charge in [-0.1, -0.05) is 17.7 Å². The quantitative estimate of drug-likeness (QED) is 0.888. The molecule has 1 rings (SSSR count). The van der Waals surface area contributed by atoms with E-state index in [1.807, 2.05) is 34.6 Å². The van der Waals surface area contributed by atoms with Gasteiger partial charge in [-0.15, -0.1) is 0 Å². The molecule has 20 heavy (non-hydrogen) atoms. The highest BCUT2D eigenvalue weighted by atomic mass is 16.3. The van der Waals surface area contributed by atoms with Gasteiger partial charge in [0.1, 0.15) is 0 Å². The van der Waals surface area contributed by atoms with Crippen molar-refractivity contribution >= 4 is 11.7 Å². The third kappa shape index (κ3) is 4.23. The summed E-state index contributed by atoms with van der Waals surface area (Å²) in [4.78, 5) is 14.0. The van der Waals surface area contributed by atoms with Crippen LogP contribution in [0, 0.1) is 20.8 Å². The van der Waals surface area contributed by atoms with Gasteiger partial charge in [0.25, 0.3) is 0 Å². The Balaban J connectivity index is 2.94. The van der Waals surface area contributed by atoms with Crippen molar-refractivity contribution < 1.29 is 9.90 Å². The average molecular weight is 278 g/mol. The topological polar surface area (TPSA) is 52.6 Å². The molecule has 0 spiro atoms. The molecule has 2 N–H and O–H groups in total. The largest absolute Gasteiger partial charge is 0.392 e. The maximum atomic E-state index is 12.4. The lowest BCUT2D eigenvalue weighted by Gasteiger charge is -2.28. The minimum atomic E-state index is -0.539. The van der Waals surface area contributed by atoms with Crippen molar-refractivity contribution in [3.63, 3.8) is 0 Å². The number of amides is 2. The Kier molecular flexibility index (Phi) is 5.57. The lowest BCUT2D eigenvalue weighted by atomic mass is 10.1. The van der Waals surface area contributed by atoms with E-state index in [0.29, 0.717) is 6.54 Å². The Labute approximate surface area is 121 Å². The summed E-state index contributed by atoms with van der Waals surface area (Å²) >= 11 is 0. The van der Waals surface area contributed by atoms with Gasteiger partial charge in [0.2, 0.25) is 0 Å². The highest BCUT2D eigenvalue weighted by molar-refractivity contribution is 5.91. The second-order valence-electron chi connectivity index (χ2n) is 5.80. The summed E-state index contributed by atoms with van der Waals surface area (Å²) in [6.45, 7) is 11.9. The van der Waals surface area contributed by atoms with Gasteiger partial charge in [-0.25, -0.2) is 4.79 Å². The third-order valence-corrected chi connectivity index (χ3v) is 3.25. The molecule has 0 saturated carbocycles. The highest BCUT2D eigenvalue weighted by Crippen LogP contribution is 2.22. The van der Waals surface area contributed by atoms with Crippen molar-refractivity contribution in [1.29, 1.82) is 0 Å². The van der Waals surface area contributed by atoms with Crippen molar-refractivity contribution in [3.8, 4) is 0 Å². The molecule has 0 aliphatic rings. The monoisotopic (exact) mass is 278 g/mol. The van der Waals surface area contributed by atoms with Gasteiger partial charge in [-0.05, 0) is 52.7 Å². The van der Waals surface area contributed by atoms with Crippen LogP contribution >= 0.6 is 0 Å². The van der Waals surface area contributed by atoms with Crippen molar-refractivity contribution in [2.45, 2.75) is 53.7 Å². The molecule has 4 heteroatoms. The molecule has 0 aliphatic heterocycles. The molecule has 0 bridgehead atoms. The molecule has 0 fully saturated rings. The van der Waals surface area contributed by atoms with E-state index in [1.165, 1.54) is 5.56 Å². The van der Waals surface area contributed by atoms with Crippen LogP contribution in [0.25, 0.3) is 0 Å². The predicted molar refractivity (Wildman–Crippen MR) is 83.2 cm³/mol. The minimum absolute atomic E-state index is 0.0376.